The molecule has 0 saturated heterocycles. The Morgan fingerprint density at radius 3 is 2.42 bits per heavy atom. The minimum Gasteiger partial charge on any atom is -0.422 e. The molecule has 5 nitrogen and oxygen atoms in total. The Morgan fingerprint density at radius 1 is 0.871 bits per heavy atom. The first kappa shape index (κ1) is 19.0. The molecule has 6 heteroatoms. The van der Waals surface area contributed by atoms with E-state index < -0.39 is 11.5 Å². The van der Waals surface area contributed by atoms with Gasteiger partial charge >= 0.3 is 5.63 Å². The number of hydrogen-bond donors (Lipinski definition) is 1. The number of nitrogens with zero attached hydrogens (tertiary/aromatic N) is 1. The number of nitrogens with one attached hydrogen (secondary N) is 1. The average Bonchev–Trinajstić information content (AvgIpc) is 3.30. The van der Waals surface area contributed by atoms with Crippen molar-refractivity contribution in [2.75, 3.05) is 5.32 Å². The molecule has 31 heavy (non-hydrogen) atoms. The molecule has 0 bridgehead atoms. The van der Waals surface area contributed by atoms with E-state index in [1.807, 2.05) is 53.9 Å². The number of para-hydroxylation sites is 1. The molecule has 5 aromatic rings. The van der Waals surface area contributed by atoms with Gasteiger partial charge in [0.2, 0.25) is 0 Å². The molecule has 3 aromatic carbocycles. The van der Waals surface area contributed by atoms with Crippen LogP contribution in [0, 0.1) is 0 Å². The highest BCUT2D eigenvalue weighted by atomic mass is 32.1. The van der Waals surface area contributed by atoms with Crippen LogP contribution in [0.15, 0.2) is 99.5 Å². The quantitative estimate of drug-likeness (QED) is 0.368. The lowest BCUT2D eigenvalue weighted by Gasteiger charge is -2.06. The zero-order valence-corrected chi connectivity index (χ0v) is 17.1. The molecule has 0 aliphatic heterocycles. The van der Waals surface area contributed by atoms with Crippen molar-refractivity contribution >= 4 is 33.9 Å². The Labute approximate surface area is 181 Å². The van der Waals surface area contributed by atoms with Crippen LogP contribution in [-0.4, -0.2) is 10.9 Å². The largest absolute Gasteiger partial charge is 0.422 e. The maximum absolute atomic E-state index is 12.6. The van der Waals surface area contributed by atoms with Crippen molar-refractivity contribution in [3.8, 4) is 21.8 Å². The molecule has 0 aliphatic rings. The summed E-state index contributed by atoms with van der Waals surface area (Å²) in [7, 11) is 0. The lowest BCUT2D eigenvalue weighted by molar-refractivity contribution is 0.102. The van der Waals surface area contributed by atoms with Gasteiger partial charge in [-0.05, 0) is 24.3 Å². The molecule has 0 radical (unpaired) electrons. The SMILES string of the molecule is O=C(Nc1ccc(-c2csc(-c3ccccc3)n2)cc1)c1cc2ccccc2oc1=O. The fraction of sp³-hybridized carbons (Fsp3) is 0. The maximum Gasteiger partial charge on any atom is 0.349 e. The molecule has 1 N–H and O–H groups in total. The molecule has 0 atom stereocenters. The Kier molecular flexibility index (Phi) is 4.90. The monoisotopic (exact) mass is 424 g/mol. The predicted molar refractivity (Wildman–Crippen MR) is 123 cm³/mol. The Morgan fingerprint density at radius 2 is 1.61 bits per heavy atom. The van der Waals surface area contributed by atoms with Crippen LogP contribution in [0.3, 0.4) is 0 Å². The van der Waals surface area contributed by atoms with Crippen LogP contribution in [0.2, 0.25) is 0 Å². The first-order chi connectivity index (χ1) is 15.2. The molecule has 5 rings (SSSR count). The number of thiazole rings is 1. The van der Waals surface area contributed by atoms with Crippen molar-refractivity contribution < 1.29 is 9.21 Å². The van der Waals surface area contributed by atoms with E-state index in [1.54, 1.807) is 47.7 Å². The van der Waals surface area contributed by atoms with Crippen molar-refractivity contribution in [2.24, 2.45) is 0 Å². The molecule has 0 fully saturated rings. The summed E-state index contributed by atoms with van der Waals surface area (Å²) in [5.74, 6) is -0.507. The topological polar surface area (TPSA) is 72.2 Å². The van der Waals surface area contributed by atoms with E-state index in [1.165, 1.54) is 0 Å². The standard InChI is InChI=1S/C25H16N2O3S/c28-23(20-14-18-8-4-5-9-22(18)30-25(20)29)26-19-12-10-16(11-13-19)21-15-31-24(27-21)17-6-2-1-3-7-17/h1-15H,(H,26,28). The number of benzene rings is 3. The van der Waals surface area contributed by atoms with Crippen LogP contribution in [0.5, 0.6) is 0 Å². The lowest BCUT2D eigenvalue weighted by Crippen LogP contribution is -2.20. The van der Waals surface area contributed by atoms with Gasteiger partial charge in [-0.3, -0.25) is 4.79 Å². The highest BCUT2D eigenvalue weighted by Gasteiger charge is 2.14. The van der Waals surface area contributed by atoms with Gasteiger partial charge in [0.05, 0.1) is 5.69 Å². The summed E-state index contributed by atoms with van der Waals surface area (Å²) in [4.78, 5) is 29.5. The number of hydrogen-bond acceptors (Lipinski definition) is 5. The first-order valence-electron chi connectivity index (χ1n) is 9.63. The number of aromatic nitrogens is 1. The lowest BCUT2D eigenvalue weighted by atomic mass is 10.1. The highest BCUT2D eigenvalue weighted by Crippen LogP contribution is 2.29. The van der Waals surface area contributed by atoms with E-state index >= 15 is 0 Å². The Hall–Kier alpha value is -4.03. The molecular formula is C25H16N2O3S. The summed E-state index contributed by atoms with van der Waals surface area (Å²) in [6, 6.07) is 26.0. The third-order valence-corrected chi connectivity index (χ3v) is 5.74. The smallest absolute Gasteiger partial charge is 0.349 e. The van der Waals surface area contributed by atoms with Gasteiger partial charge in [0.1, 0.15) is 16.2 Å². The molecule has 0 unspecified atom stereocenters. The van der Waals surface area contributed by atoms with Crippen molar-refractivity contribution in [3.63, 3.8) is 0 Å². The van der Waals surface area contributed by atoms with E-state index in [-0.39, 0.29) is 5.56 Å². The second kappa shape index (κ2) is 8.01. The van der Waals surface area contributed by atoms with Crippen molar-refractivity contribution in [3.05, 3.63) is 106 Å². The summed E-state index contributed by atoms with van der Waals surface area (Å²) in [6.45, 7) is 0. The second-order valence-electron chi connectivity index (χ2n) is 6.92. The number of amides is 1. The number of fused-ring (bicyclic) bond motifs is 1. The van der Waals surface area contributed by atoms with Gasteiger partial charge in [0.25, 0.3) is 5.91 Å². The van der Waals surface area contributed by atoms with E-state index in [9.17, 15) is 9.59 Å². The number of carbonyl (C=O) groups is 1. The highest BCUT2D eigenvalue weighted by molar-refractivity contribution is 7.13. The van der Waals surface area contributed by atoms with Crippen LogP contribution >= 0.6 is 11.3 Å². The zero-order chi connectivity index (χ0) is 21.2. The van der Waals surface area contributed by atoms with E-state index in [2.05, 4.69) is 5.32 Å². The van der Waals surface area contributed by atoms with Crippen LogP contribution in [-0.2, 0) is 0 Å². The van der Waals surface area contributed by atoms with E-state index in [0.29, 0.717) is 16.7 Å². The summed E-state index contributed by atoms with van der Waals surface area (Å²) in [5.41, 5.74) is 3.24. The summed E-state index contributed by atoms with van der Waals surface area (Å²) >= 11 is 1.59. The normalized spacial score (nSPS) is 10.8. The van der Waals surface area contributed by atoms with Gasteiger partial charge in [0, 0.05) is 27.6 Å². The molecule has 150 valence electrons. The zero-order valence-electron chi connectivity index (χ0n) is 16.2. The minimum atomic E-state index is -0.663. The number of carbonyl (C=O) groups excluding carboxylic acids is 1. The van der Waals surface area contributed by atoms with Crippen molar-refractivity contribution in [1.29, 1.82) is 0 Å². The van der Waals surface area contributed by atoms with Crippen LogP contribution in [0.1, 0.15) is 10.4 Å². The third kappa shape index (κ3) is 3.89. The fourth-order valence-electron chi connectivity index (χ4n) is 3.26. The number of rotatable bonds is 4. The molecular weight excluding hydrogens is 408 g/mol. The van der Waals surface area contributed by atoms with Gasteiger partial charge in [-0.25, -0.2) is 9.78 Å². The van der Waals surface area contributed by atoms with Crippen molar-refractivity contribution in [1.82, 2.24) is 4.98 Å². The molecule has 0 aliphatic carbocycles. The second-order valence-corrected chi connectivity index (χ2v) is 7.78. The minimum absolute atomic E-state index is 0.0326. The molecule has 0 spiro atoms. The number of anilines is 1. The summed E-state index contributed by atoms with van der Waals surface area (Å²) < 4.78 is 5.24. The van der Waals surface area contributed by atoms with Gasteiger partial charge in [-0.15, -0.1) is 11.3 Å². The Balaban J connectivity index is 1.35. The fourth-order valence-corrected chi connectivity index (χ4v) is 4.10. The molecule has 0 saturated carbocycles. The average molecular weight is 424 g/mol. The third-order valence-electron chi connectivity index (χ3n) is 4.85. The summed E-state index contributed by atoms with van der Waals surface area (Å²) in [6.07, 6.45) is 0. The Bertz CT molecular complexity index is 1440. The van der Waals surface area contributed by atoms with Crippen LogP contribution < -0.4 is 10.9 Å². The van der Waals surface area contributed by atoms with E-state index in [4.69, 9.17) is 9.40 Å². The van der Waals surface area contributed by atoms with Gasteiger partial charge < -0.3 is 9.73 Å². The van der Waals surface area contributed by atoms with Crippen LogP contribution in [0.25, 0.3) is 32.8 Å². The van der Waals surface area contributed by atoms with Gasteiger partial charge in [0.15, 0.2) is 0 Å². The van der Waals surface area contributed by atoms with Crippen LogP contribution in [0.4, 0.5) is 5.69 Å². The summed E-state index contributed by atoms with van der Waals surface area (Å²) in [5, 5.41) is 6.42. The molecule has 2 aromatic heterocycles. The first-order valence-corrected chi connectivity index (χ1v) is 10.5. The van der Waals surface area contributed by atoms with Gasteiger partial charge in [-0.2, -0.15) is 0 Å². The van der Waals surface area contributed by atoms with Gasteiger partial charge in [-0.1, -0.05) is 60.7 Å². The van der Waals surface area contributed by atoms with E-state index in [0.717, 1.165) is 21.8 Å². The van der Waals surface area contributed by atoms with Crippen molar-refractivity contribution in [2.45, 2.75) is 0 Å². The predicted octanol–water partition coefficient (Wildman–Crippen LogP) is 5.84. The molecule has 1 amide bonds. The molecule has 2 heterocycles. The maximum atomic E-state index is 12.6.